The molecule has 0 aliphatic carbocycles. The van der Waals surface area contributed by atoms with Crippen molar-refractivity contribution in [1.82, 2.24) is 4.98 Å². The lowest BCUT2D eigenvalue weighted by atomic mass is 10.2. The van der Waals surface area contributed by atoms with Crippen molar-refractivity contribution in [3.8, 4) is 11.5 Å². The van der Waals surface area contributed by atoms with Crippen molar-refractivity contribution in [3.05, 3.63) is 18.0 Å². The second-order valence-electron chi connectivity index (χ2n) is 3.17. The molecule has 0 radical (unpaired) electrons. The second-order valence-corrected chi connectivity index (χ2v) is 3.17. The maximum Gasteiger partial charge on any atom is 0.192 e. The Bertz CT molecular complexity index is 489. The third kappa shape index (κ3) is 0.968. The lowest BCUT2D eigenvalue weighted by Crippen LogP contribution is -2.15. The van der Waals surface area contributed by atoms with Gasteiger partial charge in [0.05, 0.1) is 0 Å². The highest BCUT2D eigenvalue weighted by Crippen LogP contribution is 2.37. The fourth-order valence-electron chi connectivity index (χ4n) is 1.61. The van der Waals surface area contributed by atoms with Gasteiger partial charge in [-0.15, -0.1) is 0 Å². The van der Waals surface area contributed by atoms with E-state index < -0.39 is 0 Å². The molecule has 1 aromatic carbocycles. The van der Waals surface area contributed by atoms with E-state index in [0.29, 0.717) is 24.9 Å². The predicted octanol–water partition coefficient (Wildman–Crippen LogP) is 1.91. The van der Waals surface area contributed by atoms with E-state index in [2.05, 4.69) is 4.98 Å². The molecule has 3 rings (SSSR count). The van der Waals surface area contributed by atoms with E-state index in [1.807, 2.05) is 19.1 Å². The average molecular weight is 191 g/mol. The molecule has 0 atom stereocenters. The summed E-state index contributed by atoms with van der Waals surface area (Å²) in [5, 5.41) is 0. The number of hydrogen-bond donors (Lipinski definition) is 0. The molecule has 4 heteroatoms. The first-order chi connectivity index (χ1) is 6.84. The van der Waals surface area contributed by atoms with Gasteiger partial charge in [-0.3, -0.25) is 0 Å². The maximum absolute atomic E-state index is 5.50. The van der Waals surface area contributed by atoms with Gasteiger partial charge in [-0.1, -0.05) is 0 Å². The molecule has 14 heavy (non-hydrogen) atoms. The maximum atomic E-state index is 5.50. The number of oxazole rings is 1. The first kappa shape index (κ1) is 7.67. The van der Waals surface area contributed by atoms with Crippen LogP contribution in [0.1, 0.15) is 5.89 Å². The van der Waals surface area contributed by atoms with Gasteiger partial charge in [0.25, 0.3) is 0 Å². The van der Waals surface area contributed by atoms with Crippen LogP contribution < -0.4 is 9.47 Å². The Hall–Kier alpha value is -1.71. The quantitative estimate of drug-likeness (QED) is 0.638. The fraction of sp³-hybridized carbons (Fsp3) is 0.300. The lowest BCUT2D eigenvalue weighted by molar-refractivity contribution is 0.173. The van der Waals surface area contributed by atoms with Gasteiger partial charge >= 0.3 is 0 Å². The number of aromatic nitrogens is 1. The summed E-state index contributed by atoms with van der Waals surface area (Å²) in [7, 11) is 0. The summed E-state index contributed by atoms with van der Waals surface area (Å²) in [5.74, 6) is 2.09. The lowest BCUT2D eigenvalue weighted by Gasteiger charge is -2.17. The predicted molar refractivity (Wildman–Crippen MR) is 49.7 cm³/mol. The highest BCUT2D eigenvalue weighted by atomic mass is 16.6. The summed E-state index contributed by atoms with van der Waals surface area (Å²) in [6.07, 6.45) is 0. The van der Waals surface area contributed by atoms with Crippen LogP contribution in [0.5, 0.6) is 11.5 Å². The molecule has 4 nitrogen and oxygen atoms in total. The van der Waals surface area contributed by atoms with E-state index in [-0.39, 0.29) is 0 Å². The van der Waals surface area contributed by atoms with Crippen molar-refractivity contribution >= 4 is 11.1 Å². The van der Waals surface area contributed by atoms with E-state index in [4.69, 9.17) is 13.9 Å². The molecule has 0 spiro atoms. The number of ether oxygens (including phenoxy) is 2. The molecule has 0 saturated carbocycles. The van der Waals surface area contributed by atoms with Gasteiger partial charge in [0.2, 0.25) is 0 Å². The number of hydrogen-bond acceptors (Lipinski definition) is 4. The topological polar surface area (TPSA) is 44.5 Å². The van der Waals surface area contributed by atoms with Gasteiger partial charge < -0.3 is 13.9 Å². The van der Waals surface area contributed by atoms with Crippen LogP contribution in [0.2, 0.25) is 0 Å². The molecule has 0 amide bonds. The van der Waals surface area contributed by atoms with E-state index in [0.717, 1.165) is 16.8 Å². The molecular weight excluding hydrogens is 182 g/mol. The summed E-state index contributed by atoms with van der Waals surface area (Å²) in [6.45, 7) is 2.98. The minimum Gasteiger partial charge on any atom is -0.486 e. The molecule has 72 valence electrons. The summed E-state index contributed by atoms with van der Waals surface area (Å²) in [5.41, 5.74) is 1.49. The molecule has 1 aliphatic rings. The second kappa shape index (κ2) is 2.64. The summed E-state index contributed by atoms with van der Waals surface area (Å²) in [6, 6.07) is 3.70. The van der Waals surface area contributed by atoms with Crippen LogP contribution in [-0.2, 0) is 0 Å². The van der Waals surface area contributed by atoms with E-state index in [1.165, 1.54) is 0 Å². The van der Waals surface area contributed by atoms with Crippen LogP contribution >= 0.6 is 0 Å². The third-order valence-electron chi connectivity index (χ3n) is 2.17. The molecular formula is C10H9NO3. The van der Waals surface area contributed by atoms with Crippen molar-refractivity contribution in [2.75, 3.05) is 13.2 Å². The third-order valence-corrected chi connectivity index (χ3v) is 2.17. The minimum atomic E-state index is 0.567. The van der Waals surface area contributed by atoms with Crippen LogP contribution in [0.3, 0.4) is 0 Å². The van der Waals surface area contributed by atoms with E-state index in [1.54, 1.807) is 0 Å². The van der Waals surface area contributed by atoms with Gasteiger partial charge in [-0.05, 0) is 12.1 Å². The van der Waals surface area contributed by atoms with Crippen molar-refractivity contribution in [2.24, 2.45) is 0 Å². The number of rotatable bonds is 0. The SMILES string of the molecule is Cc1nc2c3c(ccc2o1)OCCO3. The summed E-state index contributed by atoms with van der Waals surface area (Å²) < 4.78 is 16.3. The van der Waals surface area contributed by atoms with E-state index >= 15 is 0 Å². The van der Waals surface area contributed by atoms with Crippen LogP contribution in [-0.4, -0.2) is 18.2 Å². The highest BCUT2D eigenvalue weighted by Gasteiger charge is 2.18. The molecule has 0 bridgehead atoms. The standard InChI is InChI=1S/C10H9NO3/c1-6-11-9-7(14-6)2-3-8-10(9)13-5-4-12-8/h2-3H,4-5H2,1H3. The van der Waals surface area contributed by atoms with Crippen molar-refractivity contribution in [3.63, 3.8) is 0 Å². The van der Waals surface area contributed by atoms with Gasteiger partial charge in [0.15, 0.2) is 28.5 Å². The van der Waals surface area contributed by atoms with Gasteiger partial charge in [-0.25, -0.2) is 4.98 Å². The van der Waals surface area contributed by atoms with Crippen LogP contribution in [0.25, 0.3) is 11.1 Å². The average Bonchev–Trinajstić information content (AvgIpc) is 2.59. The van der Waals surface area contributed by atoms with Crippen molar-refractivity contribution in [1.29, 1.82) is 0 Å². The Morgan fingerprint density at radius 3 is 3.00 bits per heavy atom. The van der Waals surface area contributed by atoms with Gasteiger partial charge in [0, 0.05) is 6.92 Å². The summed E-state index contributed by atoms with van der Waals surface area (Å²) >= 11 is 0. The van der Waals surface area contributed by atoms with Crippen LogP contribution in [0.15, 0.2) is 16.5 Å². The molecule has 0 fully saturated rings. The molecule has 0 N–H and O–H groups in total. The zero-order valence-corrected chi connectivity index (χ0v) is 7.74. The Kier molecular flexibility index (Phi) is 1.45. The highest BCUT2D eigenvalue weighted by molar-refractivity contribution is 5.83. The molecule has 1 aliphatic heterocycles. The Morgan fingerprint density at radius 2 is 2.07 bits per heavy atom. The van der Waals surface area contributed by atoms with Gasteiger partial charge in [-0.2, -0.15) is 0 Å². The Balaban J connectivity index is 2.33. The molecule has 1 aromatic heterocycles. The first-order valence-corrected chi connectivity index (χ1v) is 4.50. The largest absolute Gasteiger partial charge is 0.486 e. The molecule has 2 aromatic rings. The number of benzene rings is 1. The van der Waals surface area contributed by atoms with Crippen molar-refractivity contribution < 1.29 is 13.9 Å². The van der Waals surface area contributed by atoms with Crippen LogP contribution in [0.4, 0.5) is 0 Å². The summed E-state index contributed by atoms with van der Waals surface area (Å²) in [4.78, 5) is 4.25. The smallest absolute Gasteiger partial charge is 0.192 e. The molecule has 2 heterocycles. The monoisotopic (exact) mass is 191 g/mol. The Morgan fingerprint density at radius 1 is 1.21 bits per heavy atom. The van der Waals surface area contributed by atoms with Crippen LogP contribution in [0, 0.1) is 6.92 Å². The van der Waals surface area contributed by atoms with Gasteiger partial charge in [0.1, 0.15) is 13.2 Å². The normalized spacial score (nSPS) is 14.6. The molecule has 0 saturated heterocycles. The fourth-order valence-corrected chi connectivity index (χ4v) is 1.61. The van der Waals surface area contributed by atoms with Crippen molar-refractivity contribution in [2.45, 2.75) is 6.92 Å². The number of nitrogens with zero attached hydrogens (tertiary/aromatic N) is 1. The number of fused-ring (bicyclic) bond motifs is 3. The zero-order chi connectivity index (χ0) is 9.54. The van der Waals surface area contributed by atoms with E-state index in [9.17, 15) is 0 Å². The number of aryl methyl sites for hydroxylation is 1. The zero-order valence-electron chi connectivity index (χ0n) is 7.74. The molecule has 0 unspecified atom stereocenters. The minimum absolute atomic E-state index is 0.567. The Labute approximate surface area is 80.4 Å². The first-order valence-electron chi connectivity index (χ1n) is 4.50.